The van der Waals surface area contributed by atoms with Gasteiger partial charge in [0.25, 0.3) is 5.91 Å². The summed E-state index contributed by atoms with van der Waals surface area (Å²) >= 11 is 0. The second kappa shape index (κ2) is 8.26. The van der Waals surface area contributed by atoms with E-state index in [-0.39, 0.29) is 25.4 Å². The minimum Gasteiger partial charge on any atom is -0.395 e. The smallest absolute Gasteiger partial charge is 0.395 e. The molecule has 0 spiro atoms. The molecule has 146 valence electrons. The lowest BCUT2D eigenvalue weighted by Crippen LogP contribution is -2.34. The predicted octanol–water partition coefficient (Wildman–Crippen LogP) is 3.53. The van der Waals surface area contributed by atoms with E-state index < -0.39 is 23.3 Å². The highest BCUT2D eigenvalue weighted by Crippen LogP contribution is 2.34. The minimum absolute atomic E-state index is 0.0774. The fourth-order valence-corrected chi connectivity index (χ4v) is 2.89. The number of aliphatic hydroxyl groups excluding tert-OH is 1. The molecule has 1 N–H and O–H groups in total. The number of carbonyl (C=O) groups is 1. The maximum Gasteiger partial charge on any atom is 0.434 e. The van der Waals surface area contributed by atoms with E-state index in [0.717, 1.165) is 11.8 Å². The van der Waals surface area contributed by atoms with Gasteiger partial charge in [0.1, 0.15) is 0 Å². The molecule has 5 nitrogen and oxygen atoms in total. The number of benzene rings is 2. The van der Waals surface area contributed by atoms with E-state index in [1.807, 2.05) is 0 Å². The second-order valence-corrected chi connectivity index (χ2v) is 6.09. The van der Waals surface area contributed by atoms with Gasteiger partial charge >= 0.3 is 6.18 Å². The molecule has 0 fully saturated rings. The number of nitrogens with zero attached hydrogens (tertiary/aromatic N) is 3. The highest BCUT2D eigenvalue weighted by atomic mass is 19.4. The summed E-state index contributed by atoms with van der Waals surface area (Å²) in [5, 5.41) is 13.1. The molecular weight excluding hydrogens is 371 g/mol. The molecule has 1 aromatic heterocycles. The van der Waals surface area contributed by atoms with Crippen molar-refractivity contribution in [3.63, 3.8) is 0 Å². The number of alkyl halides is 3. The van der Waals surface area contributed by atoms with Crippen LogP contribution >= 0.6 is 0 Å². The van der Waals surface area contributed by atoms with Crippen LogP contribution in [0.4, 0.5) is 13.2 Å². The lowest BCUT2D eigenvalue weighted by atomic mass is 10.1. The highest BCUT2D eigenvalue weighted by molar-refractivity contribution is 5.95. The van der Waals surface area contributed by atoms with Crippen LogP contribution in [0.15, 0.2) is 66.9 Å². The molecule has 1 heterocycles. The van der Waals surface area contributed by atoms with Gasteiger partial charge in [-0.3, -0.25) is 4.79 Å². The van der Waals surface area contributed by atoms with Crippen LogP contribution in [-0.4, -0.2) is 38.8 Å². The van der Waals surface area contributed by atoms with Gasteiger partial charge in [-0.05, 0) is 17.7 Å². The second-order valence-electron chi connectivity index (χ2n) is 6.09. The third-order valence-corrected chi connectivity index (χ3v) is 4.14. The molecule has 0 radical (unpaired) electrons. The SMILES string of the molecule is O=C(c1cnn(-c2ccccc2)c1C(F)(F)F)N(CCO)Cc1ccccc1. The third kappa shape index (κ3) is 4.23. The van der Waals surface area contributed by atoms with E-state index in [4.69, 9.17) is 0 Å². The van der Waals surface area contributed by atoms with Gasteiger partial charge in [0.15, 0.2) is 5.69 Å². The summed E-state index contributed by atoms with van der Waals surface area (Å²) in [7, 11) is 0. The molecule has 2 aromatic carbocycles. The topological polar surface area (TPSA) is 58.4 Å². The molecule has 0 aliphatic rings. The van der Waals surface area contributed by atoms with Gasteiger partial charge in [-0.25, -0.2) is 4.68 Å². The van der Waals surface area contributed by atoms with Crippen LogP contribution < -0.4 is 0 Å². The van der Waals surface area contributed by atoms with Crippen molar-refractivity contribution in [1.82, 2.24) is 14.7 Å². The van der Waals surface area contributed by atoms with Gasteiger partial charge in [-0.1, -0.05) is 48.5 Å². The summed E-state index contributed by atoms with van der Waals surface area (Å²) < 4.78 is 42.1. The Bertz CT molecular complexity index is 925. The molecule has 28 heavy (non-hydrogen) atoms. The number of hydrogen-bond donors (Lipinski definition) is 1. The van der Waals surface area contributed by atoms with Crippen molar-refractivity contribution < 1.29 is 23.1 Å². The maximum absolute atomic E-state index is 13.8. The molecule has 0 saturated heterocycles. The monoisotopic (exact) mass is 389 g/mol. The van der Waals surface area contributed by atoms with Crippen LogP contribution in [-0.2, 0) is 12.7 Å². The first-order chi connectivity index (χ1) is 13.4. The molecule has 0 aliphatic heterocycles. The molecule has 3 rings (SSSR count). The quantitative estimate of drug-likeness (QED) is 0.702. The van der Waals surface area contributed by atoms with Gasteiger partial charge in [0, 0.05) is 13.1 Å². The van der Waals surface area contributed by atoms with E-state index in [1.165, 1.54) is 17.0 Å². The maximum atomic E-state index is 13.8. The Morgan fingerprint density at radius 1 is 1.04 bits per heavy atom. The molecule has 3 aromatic rings. The van der Waals surface area contributed by atoms with Gasteiger partial charge in [0.05, 0.1) is 24.1 Å². The Hall–Kier alpha value is -3.13. The summed E-state index contributed by atoms with van der Waals surface area (Å²) in [4.78, 5) is 14.1. The van der Waals surface area contributed by atoms with Crippen LogP contribution in [0.3, 0.4) is 0 Å². The fraction of sp³-hybridized carbons (Fsp3) is 0.200. The fourth-order valence-electron chi connectivity index (χ4n) is 2.89. The van der Waals surface area contributed by atoms with Crippen LogP contribution in [0.25, 0.3) is 5.69 Å². The largest absolute Gasteiger partial charge is 0.434 e. The summed E-state index contributed by atoms with van der Waals surface area (Å²) in [6.45, 7) is -0.387. The van der Waals surface area contributed by atoms with Crippen molar-refractivity contribution in [2.75, 3.05) is 13.2 Å². The zero-order chi connectivity index (χ0) is 20.1. The molecule has 0 unspecified atom stereocenters. The van der Waals surface area contributed by atoms with Crippen molar-refractivity contribution >= 4 is 5.91 Å². The predicted molar refractivity (Wildman–Crippen MR) is 96.8 cm³/mol. The van der Waals surface area contributed by atoms with Gasteiger partial charge in [-0.15, -0.1) is 0 Å². The number of aliphatic hydroxyl groups is 1. The van der Waals surface area contributed by atoms with Crippen molar-refractivity contribution in [2.24, 2.45) is 0 Å². The number of hydrogen-bond acceptors (Lipinski definition) is 3. The highest BCUT2D eigenvalue weighted by Gasteiger charge is 2.41. The van der Waals surface area contributed by atoms with Gasteiger partial charge < -0.3 is 10.0 Å². The summed E-state index contributed by atoms with van der Waals surface area (Å²) in [5.41, 5.74) is -0.751. The normalized spacial score (nSPS) is 11.4. The molecule has 0 atom stereocenters. The van der Waals surface area contributed by atoms with Gasteiger partial charge in [0.2, 0.25) is 0 Å². The molecule has 0 bridgehead atoms. The first kappa shape index (κ1) is 19.6. The van der Waals surface area contributed by atoms with Crippen LogP contribution in [0.2, 0.25) is 0 Å². The molecule has 0 aliphatic carbocycles. The number of carbonyl (C=O) groups excluding carboxylic acids is 1. The Morgan fingerprint density at radius 3 is 2.21 bits per heavy atom. The Labute approximate surface area is 159 Å². The number of halogens is 3. The van der Waals surface area contributed by atoms with E-state index in [0.29, 0.717) is 4.68 Å². The first-order valence-electron chi connectivity index (χ1n) is 8.56. The van der Waals surface area contributed by atoms with E-state index in [9.17, 15) is 23.1 Å². The number of aromatic nitrogens is 2. The van der Waals surface area contributed by atoms with Crippen LogP contribution in [0.1, 0.15) is 21.6 Å². The Kier molecular flexibility index (Phi) is 5.79. The average molecular weight is 389 g/mol. The summed E-state index contributed by atoms with van der Waals surface area (Å²) in [5.74, 6) is -0.840. The Balaban J connectivity index is 2.01. The van der Waals surface area contributed by atoms with Crippen molar-refractivity contribution in [2.45, 2.75) is 12.7 Å². The third-order valence-electron chi connectivity index (χ3n) is 4.14. The molecule has 8 heteroatoms. The van der Waals surface area contributed by atoms with Crippen LogP contribution in [0, 0.1) is 0 Å². The van der Waals surface area contributed by atoms with Crippen molar-refractivity contribution in [3.05, 3.63) is 83.7 Å². The van der Waals surface area contributed by atoms with E-state index in [1.54, 1.807) is 48.5 Å². The van der Waals surface area contributed by atoms with Crippen LogP contribution in [0.5, 0.6) is 0 Å². The lowest BCUT2D eigenvalue weighted by Gasteiger charge is -2.22. The van der Waals surface area contributed by atoms with E-state index >= 15 is 0 Å². The lowest BCUT2D eigenvalue weighted by molar-refractivity contribution is -0.143. The zero-order valence-corrected chi connectivity index (χ0v) is 14.8. The number of rotatable bonds is 6. The molecule has 0 saturated carbocycles. The number of para-hydroxylation sites is 1. The number of amides is 1. The molecule has 1 amide bonds. The van der Waals surface area contributed by atoms with E-state index in [2.05, 4.69) is 5.10 Å². The zero-order valence-electron chi connectivity index (χ0n) is 14.8. The Morgan fingerprint density at radius 2 is 1.64 bits per heavy atom. The average Bonchev–Trinajstić information content (AvgIpc) is 3.14. The van der Waals surface area contributed by atoms with Crippen molar-refractivity contribution in [3.8, 4) is 5.69 Å². The standard InChI is InChI=1S/C20H18F3N3O2/c21-20(22,23)18-17(13-24-26(18)16-9-5-2-6-10-16)19(28)25(11-12-27)14-15-7-3-1-4-8-15/h1-10,13,27H,11-12,14H2. The minimum atomic E-state index is -4.78. The summed E-state index contributed by atoms with van der Waals surface area (Å²) in [6, 6.07) is 16.7. The van der Waals surface area contributed by atoms with Crippen molar-refractivity contribution in [1.29, 1.82) is 0 Å². The molecular formula is C20H18F3N3O2. The first-order valence-corrected chi connectivity index (χ1v) is 8.56. The van der Waals surface area contributed by atoms with Gasteiger partial charge in [-0.2, -0.15) is 18.3 Å². The summed E-state index contributed by atoms with van der Waals surface area (Å²) in [6.07, 6.45) is -3.86.